The van der Waals surface area contributed by atoms with Crippen molar-refractivity contribution < 1.29 is 61.0 Å². The summed E-state index contributed by atoms with van der Waals surface area (Å²) in [6, 6.07) is 0. The van der Waals surface area contributed by atoms with Gasteiger partial charge < -0.3 is 35.6 Å². The van der Waals surface area contributed by atoms with Crippen LogP contribution in [0.5, 0.6) is 0 Å². The summed E-state index contributed by atoms with van der Waals surface area (Å²) in [7, 11) is 0. The molecule has 1 aromatic rings. The zero-order chi connectivity index (χ0) is 15.4. The molecule has 1 aliphatic carbocycles. The van der Waals surface area contributed by atoms with Crippen molar-refractivity contribution in [2.45, 2.75) is 39.0 Å². The first kappa shape index (κ1) is 20.4. The van der Waals surface area contributed by atoms with Crippen LogP contribution in [0.25, 0.3) is 0 Å². The molecule has 2 rings (SSSR count). The maximum absolute atomic E-state index is 12.0. The van der Waals surface area contributed by atoms with Gasteiger partial charge in [-0.15, -0.1) is 11.3 Å². The molecule has 0 bridgehead atoms. The Kier molecular flexibility index (Phi) is 8.94. The Bertz CT molecular complexity index is 589. The molecular formula is C13H16KN3O2S3. The van der Waals surface area contributed by atoms with Crippen LogP contribution < -0.4 is 67.6 Å². The van der Waals surface area contributed by atoms with E-state index in [1.165, 1.54) is 17.4 Å². The predicted molar refractivity (Wildman–Crippen MR) is 90.2 cm³/mol. The summed E-state index contributed by atoms with van der Waals surface area (Å²) >= 11 is 10.9. The minimum Gasteiger partial charge on any atom is -0.410 e. The van der Waals surface area contributed by atoms with Crippen LogP contribution in [0.4, 0.5) is 5.00 Å². The molecule has 114 valence electrons. The van der Waals surface area contributed by atoms with Gasteiger partial charge >= 0.3 is 51.4 Å². The van der Waals surface area contributed by atoms with Crippen molar-refractivity contribution in [3.05, 3.63) is 16.0 Å². The Morgan fingerprint density at radius 1 is 1.27 bits per heavy atom. The third kappa shape index (κ3) is 5.79. The van der Waals surface area contributed by atoms with Gasteiger partial charge in [-0.2, -0.15) is 0 Å². The number of carbonyl (C=O) groups excluding carboxylic acids is 2. The molecule has 0 aromatic carbocycles. The average Bonchev–Trinajstić information content (AvgIpc) is 2.74. The van der Waals surface area contributed by atoms with Crippen LogP contribution >= 0.6 is 23.6 Å². The first-order valence-corrected chi connectivity index (χ1v) is 8.27. The summed E-state index contributed by atoms with van der Waals surface area (Å²) in [5.74, 6) is -0.347. The van der Waals surface area contributed by atoms with E-state index in [9.17, 15) is 9.59 Å². The average molecular weight is 382 g/mol. The van der Waals surface area contributed by atoms with Gasteiger partial charge in [-0.05, 0) is 41.1 Å². The van der Waals surface area contributed by atoms with E-state index < -0.39 is 0 Å². The van der Waals surface area contributed by atoms with E-state index in [4.69, 9.17) is 0 Å². The van der Waals surface area contributed by atoms with Crippen molar-refractivity contribution in [1.82, 2.24) is 10.9 Å². The molecule has 0 aliphatic heterocycles. The monoisotopic (exact) mass is 381 g/mol. The number of nitrogens with one attached hydrogen (secondary N) is 3. The standard InChI is InChI=1S/C13H17N3O2S3.K/c1-7(17)14-12-9(6-11(18)15-16-13(19)20)8-4-2-3-5-10(8)21-12;/h2-6H2,1H3,(H,14,17)(H,15,18)(H2,16,19,20);/q;+1/p-1. The van der Waals surface area contributed by atoms with E-state index in [0.29, 0.717) is 0 Å². The maximum Gasteiger partial charge on any atom is 1.00 e. The Hall–Kier alpha value is 0.386. The third-order valence-corrected chi connectivity index (χ3v) is 4.67. The summed E-state index contributed by atoms with van der Waals surface area (Å²) in [4.78, 5) is 24.6. The minimum absolute atomic E-state index is 0. The summed E-state index contributed by atoms with van der Waals surface area (Å²) in [5.41, 5.74) is 7.06. The van der Waals surface area contributed by atoms with E-state index in [1.54, 1.807) is 11.3 Å². The van der Waals surface area contributed by atoms with Crippen molar-refractivity contribution >= 4 is 57.3 Å². The summed E-state index contributed by atoms with van der Waals surface area (Å²) in [6.45, 7) is 1.47. The van der Waals surface area contributed by atoms with Gasteiger partial charge in [0.1, 0.15) is 0 Å². The quantitative estimate of drug-likeness (QED) is 0.260. The van der Waals surface area contributed by atoms with E-state index >= 15 is 0 Å². The molecule has 5 nitrogen and oxygen atoms in total. The number of hydrazine groups is 1. The number of thiophene rings is 1. The van der Waals surface area contributed by atoms with Crippen LogP contribution in [-0.2, 0) is 41.5 Å². The SMILES string of the molecule is CC(=O)Nc1sc2c(c1CC(=O)NNC(=S)[S-])CCCC2.[K+]. The van der Waals surface area contributed by atoms with Gasteiger partial charge in [-0.3, -0.25) is 15.0 Å². The van der Waals surface area contributed by atoms with Crippen molar-refractivity contribution in [3.8, 4) is 0 Å². The van der Waals surface area contributed by atoms with Crippen LogP contribution in [0, 0.1) is 0 Å². The molecule has 1 heterocycles. The fourth-order valence-corrected chi connectivity index (χ4v) is 3.86. The maximum atomic E-state index is 12.0. The van der Waals surface area contributed by atoms with Gasteiger partial charge in [0.25, 0.3) is 0 Å². The number of rotatable bonds is 3. The van der Waals surface area contributed by atoms with Crippen molar-refractivity contribution in [2.24, 2.45) is 0 Å². The van der Waals surface area contributed by atoms with E-state index in [-0.39, 0.29) is 73.9 Å². The molecule has 0 unspecified atom stereocenters. The van der Waals surface area contributed by atoms with Gasteiger partial charge in [-0.25, -0.2) is 0 Å². The number of aryl methyl sites for hydroxylation is 1. The fourth-order valence-electron chi connectivity index (χ4n) is 2.40. The van der Waals surface area contributed by atoms with E-state index in [1.807, 2.05) is 0 Å². The zero-order valence-corrected chi connectivity index (χ0v) is 18.1. The molecule has 2 amide bonds. The smallest absolute Gasteiger partial charge is 0.410 e. The Morgan fingerprint density at radius 3 is 2.59 bits per heavy atom. The van der Waals surface area contributed by atoms with E-state index in [2.05, 4.69) is 41.0 Å². The van der Waals surface area contributed by atoms with Crippen molar-refractivity contribution in [1.29, 1.82) is 0 Å². The topological polar surface area (TPSA) is 70.2 Å². The first-order chi connectivity index (χ1) is 9.97. The number of hydrogen-bond donors (Lipinski definition) is 3. The summed E-state index contributed by atoms with van der Waals surface area (Å²) in [6.07, 6.45) is 4.45. The first-order valence-electron chi connectivity index (χ1n) is 6.64. The normalized spacial score (nSPS) is 12.6. The van der Waals surface area contributed by atoms with Crippen molar-refractivity contribution in [3.63, 3.8) is 0 Å². The molecule has 22 heavy (non-hydrogen) atoms. The number of carbonyl (C=O) groups is 2. The van der Waals surface area contributed by atoms with Crippen LogP contribution in [0.15, 0.2) is 0 Å². The minimum atomic E-state index is -0.222. The van der Waals surface area contributed by atoms with Crippen LogP contribution in [0.3, 0.4) is 0 Å². The number of anilines is 1. The van der Waals surface area contributed by atoms with Gasteiger partial charge in [-0.1, -0.05) is 0 Å². The van der Waals surface area contributed by atoms with Crippen LogP contribution in [0.2, 0.25) is 0 Å². The number of amides is 2. The largest absolute Gasteiger partial charge is 1.00 e. The molecule has 0 radical (unpaired) electrons. The summed E-state index contributed by atoms with van der Waals surface area (Å²) < 4.78 is 0.0952. The van der Waals surface area contributed by atoms with Gasteiger partial charge in [0, 0.05) is 11.8 Å². The second kappa shape index (κ2) is 9.63. The third-order valence-electron chi connectivity index (χ3n) is 3.21. The van der Waals surface area contributed by atoms with Gasteiger partial charge in [0.15, 0.2) is 0 Å². The second-order valence-corrected chi connectivity index (χ2v) is 7.02. The molecule has 9 heteroatoms. The molecular weight excluding hydrogens is 365 g/mol. The second-order valence-electron chi connectivity index (χ2n) is 4.84. The predicted octanol–water partition coefficient (Wildman–Crippen LogP) is -1.42. The number of thiocarbonyl (C=S) groups is 1. The molecule has 3 N–H and O–H groups in total. The van der Waals surface area contributed by atoms with Gasteiger partial charge in [0.05, 0.1) is 11.4 Å². The molecule has 1 aromatic heterocycles. The Balaban J connectivity index is 0.00000242. The molecule has 0 atom stereocenters. The molecule has 0 spiro atoms. The zero-order valence-electron chi connectivity index (χ0n) is 12.6. The Morgan fingerprint density at radius 2 is 1.95 bits per heavy atom. The Labute approximate surface area is 187 Å². The van der Waals surface area contributed by atoms with Crippen LogP contribution in [-0.4, -0.2) is 16.1 Å². The van der Waals surface area contributed by atoms with Crippen LogP contribution in [0.1, 0.15) is 35.8 Å². The molecule has 0 saturated carbocycles. The molecule has 0 saturated heterocycles. The van der Waals surface area contributed by atoms with Crippen molar-refractivity contribution in [2.75, 3.05) is 5.32 Å². The fraction of sp³-hybridized carbons (Fsp3) is 0.462. The number of fused-ring (bicyclic) bond motifs is 1. The molecule has 0 fully saturated rings. The molecule has 1 aliphatic rings. The number of hydrogen-bond acceptors (Lipinski definition) is 5. The van der Waals surface area contributed by atoms with Gasteiger partial charge in [0.2, 0.25) is 11.8 Å². The van der Waals surface area contributed by atoms with E-state index in [0.717, 1.165) is 36.2 Å². The summed E-state index contributed by atoms with van der Waals surface area (Å²) in [5, 5.41) is 3.62.